The van der Waals surface area contributed by atoms with Crippen LogP contribution in [0.25, 0.3) is 0 Å². The van der Waals surface area contributed by atoms with E-state index >= 15 is 0 Å². The first-order valence-electron chi connectivity index (χ1n) is 6.11. The van der Waals surface area contributed by atoms with Crippen molar-refractivity contribution in [3.63, 3.8) is 0 Å². The summed E-state index contributed by atoms with van der Waals surface area (Å²) < 4.78 is 3.14. The van der Waals surface area contributed by atoms with E-state index in [1.807, 2.05) is 17.9 Å². The molecule has 0 amide bonds. The molecule has 1 heterocycles. The molecule has 4 heteroatoms. The maximum absolute atomic E-state index is 5.92. The SMILES string of the molecule is Cn1ncc(Br)c1C1CCCCCC1CN. The monoisotopic (exact) mass is 285 g/mol. The van der Waals surface area contributed by atoms with Crippen LogP contribution in [0.1, 0.15) is 43.7 Å². The Labute approximate surface area is 106 Å². The lowest BCUT2D eigenvalue weighted by Gasteiger charge is -2.24. The molecule has 1 aromatic rings. The number of hydrogen-bond donors (Lipinski definition) is 1. The molecule has 0 aromatic carbocycles. The fourth-order valence-corrected chi connectivity index (χ4v) is 3.51. The Morgan fingerprint density at radius 1 is 1.44 bits per heavy atom. The number of halogens is 1. The predicted octanol–water partition coefficient (Wildman–Crippen LogP) is 2.81. The third kappa shape index (κ3) is 2.33. The third-order valence-corrected chi connectivity index (χ3v) is 4.36. The number of aryl methyl sites for hydroxylation is 1. The zero-order valence-electron chi connectivity index (χ0n) is 9.82. The van der Waals surface area contributed by atoms with E-state index < -0.39 is 0 Å². The van der Waals surface area contributed by atoms with Gasteiger partial charge in [0.05, 0.1) is 16.4 Å². The van der Waals surface area contributed by atoms with E-state index in [1.54, 1.807) is 0 Å². The van der Waals surface area contributed by atoms with Crippen molar-refractivity contribution < 1.29 is 0 Å². The molecule has 16 heavy (non-hydrogen) atoms. The first kappa shape index (κ1) is 12.1. The fraction of sp³-hybridized carbons (Fsp3) is 0.750. The van der Waals surface area contributed by atoms with E-state index in [0.29, 0.717) is 11.8 Å². The van der Waals surface area contributed by atoms with E-state index in [2.05, 4.69) is 21.0 Å². The van der Waals surface area contributed by atoms with Crippen LogP contribution in [0.3, 0.4) is 0 Å². The lowest BCUT2D eigenvalue weighted by molar-refractivity contribution is 0.389. The van der Waals surface area contributed by atoms with Gasteiger partial charge < -0.3 is 5.73 Å². The van der Waals surface area contributed by atoms with Gasteiger partial charge in [-0.1, -0.05) is 19.3 Å². The van der Waals surface area contributed by atoms with Crippen molar-refractivity contribution in [2.45, 2.75) is 38.0 Å². The highest BCUT2D eigenvalue weighted by Gasteiger charge is 2.27. The molecular weight excluding hydrogens is 266 g/mol. The zero-order valence-corrected chi connectivity index (χ0v) is 11.4. The van der Waals surface area contributed by atoms with Crippen LogP contribution in [0, 0.1) is 5.92 Å². The quantitative estimate of drug-likeness (QED) is 0.850. The Bertz CT molecular complexity index is 329. The molecule has 0 bridgehead atoms. The molecule has 1 saturated carbocycles. The summed E-state index contributed by atoms with van der Waals surface area (Å²) >= 11 is 3.61. The summed E-state index contributed by atoms with van der Waals surface area (Å²) in [5, 5.41) is 4.32. The van der Waals surface area contributed by atoms with E-state index in [9.17, 15) is 0 Å². The molecule has 0 aliphatic heterocycles. The van der Waals surface area contributed by atoms with Crippen molar-refractivity contribution in [3.05, 3.63) is 16.4 Å². The van der Waals surface area contributed by atoms with Crippen LogP contribution in [-0.4, -0.2) is 16.3 Å². The van der Waals surface area contributed by atoms with Gasteiger partial charge in [-0.15, -0.1) is 0 Å². The molecule has 1 aliphatic carbocycles. The van der Waals surface area contributed by atoms with Gasteiger partial charge in [0.25, 0.3) is 0 Å². The summed E-state index contributed by atoms with van der Waals surface area (Å²) in [6.07, 6.45) is 8.40. The van der Waals surface area contributed by atoms with Gasteiger partial charge in [-0.3, -0.25) is 4.68 Å². The fourth-order valence-electron chi connectivity index (χ4n) is 2.86. The zero-order chi connectivity index (χ0) is 11.5. The minimum Gasteiger partial charge on any atom is -0.330 e. The summed E-state index contributed by atoms with van der Waals surface area (Å²) in [7, 11) is 2.03. The predicted molar refractivity (Wildman–Crippen MR) is 69.3 cm³/mol. The number of aromatic nitrogens is 2. The van der Waals surface area contributed by atoms with Gasteiger partial charge in [-0.2, -0.15) is 5.10 Å². The van der Waals surface area contributed by atoms with Crippen molar-refractivity contribution >= 4 is 15.9 Å². The average Bonchev–Trinajstić information content (AvgIpc) is 2.52. The second kappa shape index (κ2) is 5.32. The van der Waals surface area contributed by atoms with Crippen molar-refractivity contribution in [2.75, 3.05) is 6.54 Å². The van der Waals surface area contributed by atoms with Gasteiger partial charge in [0.15, 0.2) is 0 Å². The van der Waals surface area contributed by atoms with Crippen molar-refractivity contribution in [2.24, 2.45) is 18.7 Å². The van der Waals surface area contributed by atoms with E-state index in [4.69, 9.17) is 5.73 Å². The van der Waals surface area contributed by atoms with Gasteiger partial charge in [-0.05, 0) is 41.2 Å². The Hall–Kier alpha value is -0.350. The van der Waals surface area contributed by atoms with E-state index in [1.165, 1.54) is 37.8 Å². The second-order valence-electron chi connectivity index (χ2n) is 4.74. The Balaban J connectivity index is 2.28. The molecule has 1 fully saturated rings. The summed E-state index contributed by atoms with van der Waals surface area (Å²) in [4.78, 5) is 0. The first-order valence-corrected chi connectivity index (χ1v) is 6.90. The van der Waals surface area contributed by atoms with Crippen molar-refractivity contribution in [1.82, 2.24) is 9.78 Å². The van der Waals surface area contributed by atoms with Crippen LogP contribution in [0.2, 0.25) is 0 Å². The van der Waals surface area contributed by atoms with Crippen LogP contribution in [-0.2, 0) is 7.05 Å². The smallest absolute Gasteiger partial charge is 0.0635 e. The molecule has 0 spiro atoms. The molecule has 0 saturated heterocycles. The molecule has 2 atom stereocenters. The molecule has 1 aliphatic rings. The van der Waals surface area contributed by atoms with Crippen molar-refractivity contribution in [1.29, 1.82) is 0 Å². The molecule has 90 valence electrons. The molecule has 2 rings (SSSR count). The number of nitrogens with two attached hydrogens (primary N) is 1. The van der Waals surface area contributed by atoms with E-state index in [0.717, 1.165) is 11.0 Å². The minimum atomic E-state index is 0.578. The second-order valence-corrected chi connectivity index (χ2v) is 5.60. The highest BCUT2D eigenvalue weighted by atomic mass is 79.9. The molecular formula is C12H20BrN3. The Morgan fingerprint density at radius 2 is 2.19 bits per heavy atom. The summed E-state index contributed by atoms with van der Waals surface area (Å²) in [5.74, 6) is 1.20. The van der Waals surface area contributed by atoms with Crippen LogP contribution >= 0.6 is 15.9 Å². The topological polar surface area (TPSA) is 43.8 Å². The molecule has 2 unspecified atom stereocenters. The standard InChI is InChI=1S/C12H20BrN3/c1-16-12(11(13)8-15-16)10-6-4-2-3-5-9(10)7-14/h8-10H,2-7,14H2,1H3. The largest absolute Gasteiger partial charge is 0.330 e. The molecule has 1 aromatic heterocycles. The number of hydrogen-bond acceptors (Lipinski definition) is 2. The van der Waals surface area contributed by atoms with Gasteiger partial charge in [-0.25, -0.2) is 0 Å². The van der Waals surface area contributed by atoms with Gasteiger partial charge in [0.2, 0.25) is 0 Å². The lowest BCUT2D eigenvalue weighted by atomic mass is 9.85. The lowest BCUT2D eigenvalue weighted by Crippen LogP contribution is -2.23. The third-order valence-electron chi connectivity index (χ3n) is 3.75. The number of rotatable bonds is 2. The van der Waals surface area contributed by atoms with Crippen LogP contribution in [0.15, 0.2) is 10.7 Å². The molecule has 2 N–H and O–H groups in total. The maximum Gasteiger partial charge on any atom is 0.0635 e. The molecule has 0 radical (unpaired) electrons. The Kier molecular flexibility index (Phi) is 4.03. The van der Waals surface area contributed by atoms with Crippen LogP contribution in [0.4, 0.5) is 0 Å². The molecule has 3 nitrogen and oxygen atoms in total. The average molecular weight is 286 g/mol. The van der Waals surface area contributed by atoms with Gasteiger partial charge in [0, 0.05) is 13.0 Å². The summed E-state index contributed by atoms with van der Waals surface area (Å²) in [5.41, 5.74) is 7.26. The highest BCUT2D eigenvalue weighted by molar-refractivity contribution is 9.10. The number of nitrogens with zero attached hydrogens (tertiary/aromatic N) is 2. The summed E-state index contributed by atoms with van der Waals surface area (Å²) in [6, 6.07) is 0. The van der Waals surface area contributed by atoms with Crippen LogP contribution in [0.5, 0.6) is 0 Å². The normalized spacial score (nSPS) is 26.7. The first-order chi connectivity index (χ1) is 7.74. The van der Waals surface area contributed by atoms with Gasteiger partial charge >= 0.3 is 0 Å². The van der Waals surface area contributed by atoms with Gasteiger partial charge in [0.1, 0.15) is 0 Å². The Morgan fingerprint density at radius 3 is 2.81 bits per heavy atom. The highest BCUT2D eigenvalue weighted by Crippen LogP contribution is 2.38. The maximum atomic E-state index is 5.92. The summed E-state index contributed by atoms with van der Waals surface area (Å²) in [6.45, 7) is 0.794. The van der Waals surface area contributed by atoms with E-state index in [-0.39, 0.29) is 0 Å². The minimum absolute atomic E-state index is 0.578. The van der Waals surface area contributed by atoms with Crippen molar-refractivity contribution in [3.8, 4) is 0 Å². The van der Waals surface area contributed by atoms with Crippen LogP contribution < -0.4 is 5.73 Å².